The van der Waals surface area contributed by atoms with E-state index in [9.17, 15) is 14.0 Å². The monoisotopic (exact) mass is 322 g/mol. The maximum absolute atomic E-state index is 13.1. The molecule has 0 unspecified atom stereocenters. The Morgan fingerprint density at radius 2 is 1.47 bits per heavy atom. The van der Waals surface area contributed by atoms with Gasteiger partial charge in [0.25, 0.3) is 0 Å². The largest absolute Gasteiger partial charge is 0.508 e. The predicted octanol–water partition coefficient (Wildman–Crippen LogP) is 3.36. The van der Waals surface area contributed by atoms with Gasteiger partial charge in [0.05, 0.1) is 4.47 Å². The van der Waals surface area contributed by atoms with Crippen LogP contribution in [0.5, 0.6) is 5.75 Å². The highest BCUT2D eigenvalue weighted by atomic mass is 79.9. The summed E-state index contributed by atoms with van der Waals surface area (Å²) in [6, 6.07) is 8.97. The Balaban J connectivity index is 2.30. The van der Waals surface area contributed by atoms with Gasteiger partial charge in [-0.2, -0.15) is 0 Å². The second kappa shape index (κ2) is 5.32. The normalized spacial score (nSPS) is 10.2. The maximum atomic E-state index is 13.1. The third kappa shape index (κ3) is 2.88. The van der Waals surface area contributed by atoms with Gasteiger partial charge in [0.2, 0.25) is 11.6 Å². The first-order chi connectivity index (χ1) is 8.99. The van der Waals surface area contributed by atoms with Crippen LogP contribution in [0.15, 0.2) is 46.9 Å². The van der Waals surface area contributed by atoms with Crippen molar-refractivity contribution in [2.45, 2.75) is 0 Å². The van der Waals surface area contributed by atoms with Crippen LogP contribution in [0, 0.1) is 5.82 Å². The fourth-order valence-corrected chi connectivity index (χ4v) is 1.89. The van der Waals surface area contributed by atoms with Crippen molar-refractivity contribution in [1.82, 2.24) is 0 Å². The summed E-state index contributed by atoms with van der Waals surface area (Å²) < 4.78 is 13.2. The van der Waals surface area contributed by atoms with Crippen LogP contribution in [0.3, 0.4) is 0 Å². The van der Waals surface area contributed by atoms with Crippen molar-refractivity contribution in [2.24, 2.45) is 0 Å². The second-order valence-corrected chi connectivity index (χ2v) is 4.69. The van der Waals surface area contributed by atoms with Gasteiger partial charge in [-0.05, 0) is 58.4 Å². The van der Waals surface area contributed by atoms with Crippen molar-refractivity contribution in [3.05, 3.63) is 63.9 Å². The van der Waals surface area contributed by atoms with E-state index in [1.54, 1.807) is 0 Å². The molecule has 0 heterocycles. The fourth-order valence-electron chi connectivity index (χ4n) is 1.51. The lowest BCUT2D eigenvalue weighted by molar-refractivity contribution is 0.0817. The summed E-state index contributed by atoms with van der Waals surface area (Å²) in [7, 11) is 0. The van der Waals surface area contributed by atoms with Gasteiger partial charge in [0.1, 0.15) is 11.6 Å². The van der Waals surface area contributed by atoms with Gasteiger partial charge in [-0.1, -0.05) is 0 Å². The number of hydrogen-bond donors (Lipinski definition) is 1. The van der Waals surface area contributed by atoms with Gasteiger partial charge >= 0.3 is 0 Å². The Kier molecular flexibility index (Phi) is 3.76. The minimum Gasteiger partial charge on any atom is -0.508 e. The second-order valence-electron chi connectivity index (χ2n) is 3.83. The van der Waals surface area contributed by atoms with E-state index in [0.29, 0.717) is 0 Å². The molecule has 0 bridgehead atoms. The molecule has 0 aromatic heterocycles. The van der Waals surface area contributed by atoms with Crippen LogP contribution in [-0.2, 0) is 0 Å². The minimum atomic E-state index is -0.730. The zero-order valence-electron chi connectivity index (χ0n) is 9.56. The Hall–Kier alpha value is -2.01. The zero-order valence-corrected chi connectivity index (χ0v) is 11.1. The van der Waals surface area contributed by atoms with Gasteiger partial charge in [-0.15, -0.1) is 0 Å². The number of halogens is 2. The lowest BCUT2D eigenvalue weighted by Gasteiger charge is -2.02. The van der Waals surface area contributed by atoms with Crippen LogP contribution in [0.4, 0.5) is 4.39 Å². The lowest BCUT2D eigenvalue weighted by atomic mass is 10.0. The van der Waals surface area contributed by atoms with Crippen molar-refractivity contribution in [1.29, 1.82) is 0 Å². The molecule has 0 fully saturated rings. The molecule has 96 valence electrons. The number of carbonyl (C=O) groups excluding carboxylic acids is 2. The van der Waals surface area contributed by atoms with Crippen LogP contribution in [0.25, 0.3) is 0 Å². The topological polar surface area (TPSA) is 54.4 Å². The molecular weight excluding hydrogens is 315 g/mol. The molecule has 3 nitrogen and oxygen atoms in total. The van der Waals surface area contributed by atoms with Crippen LogP contribution < -0.4 is 0 Å². The van der Waals surface area contributed by atoms with E-state index in [1.807, 2.05) is 0 Å². The van der Waals surface area contributed by atoms with Crippen molar-refractivity contribution in [3.63, 3.8) is 0 Å². The molecule has 0 radical (unpaired) electrons. The quantitative estimate of drug-likeness (QED) is 0.696. The standard InChI is InChI=1S/C14H8BrFO3/c15-11-7-9(3-6-12(11)16)14(19)13(18)8-1-4-10(17)5-2-8/h1-7,17H. The van der Waals surface area contributed by atoms with E-state index < -0.39 is 17.4 Å². The number of hydrogen-bond acceptors (Lipinski definition) is 3. The summed E-state index contributed by atoms with van der Waals surface area (Å²) in [5, 5.41) is 9.12. The summed E-state index contributed by atoms with van der Waals surface area (Å²) in [6.07, 6.45) is 0. The number of benzene rings is 2. The third-order valence-electron chi connectivity index (χ3n) is 2.52. The van der Waals surface area contributed by atoms with E-state index in [4.69, 9.17) is 5.11 Å². The maximum Gasteiger partial charge on any atom is 0.233 e. The number of carbonyl (C=O) groups is 2. The van der Waals surface area contributed by atoms with Gasteiger partial charge in [-0.3, -0.25) is 9.59 Å². The molecule has 5 heteroatoms. The van der Waals surface area contributed by atoms with E-state index in [1.165, 1.54) is 36.4 Å². The summed E-state index contributed by atoms with van der Waals surface area (Å²) >= 11 is 2.96. The molecular formula is C14H8BrFO3. The Bertz CT molecular complexity index is 650. The number of phenolic OH excluding ortho intramolecular Hbond substituents is 1. The molecule has 0 aliphatic rings. The van der Waals surface area contributed by atoms with Crippen LogP contribution in [0.2, 0.25) is 0 Å². The molecule has 0 amide bonds. The molecule has 0 spiro atoms. The number of aromatic hydroxyl groups is 1. The molecule has 2 aromatic carbocycles. The Labute approximate surface area is 116 Å². The lowest BCUT2D eigenvalue weighted by Crippen LogP contribution is -2.14. The van der Waals surface area contributed by atoms with Crippen molar-refractivity contribution < 1.29 is 19.1 Å². The van der Waals surface area contributed by atoms with Crippen molar-refractivity contribution in [2.75, 3.05) is 0 Å². The van der Waals surface area contributed by atoms with Crippen LogP contribution in [-0.4, -0.2) is 16.7 Å². The zero-order chi connectivity index (χ0) is 14.0. The summed E-state index contributed by atoms with van der Waals surface area (Å²) in [5.41, 5.74) is 0.273. The van der Waals surface area contributed by atoms with E-state index in [-0.39, 0.29) is 21.3 Å². The fraction of sp³-hybridized carbons (Fsp3) is 0. The predicted molar refractivity (Wildman–Crippen MR) is 70.9 cm³/mol. The number of rotatable bonds is 3. The van der Waals surface area contributed by atoms with Crippen LogP contribution in [0.1, 0.15) is 20.7 Å². The molecule has 0 aliphatic heterocycles. The number of Topliss-reactive ketones (excluding diaryl/α,β-unsaturated/α-hetero) is 2. The van der Waals surface area contributed by atoms with E-state index >= 15 is 0 Å². The first-order valence-corrected chi connectivity index (χ1v) is 6.11. The van der Waals surface area contributed by atoms with Crippen LogP contribution >= 0.6 is 15.9 Å². The first kappa shape index (κ1) is 13.4. The average molecular weight is 323 g/mol. The molecule has 2 aromatic rings. The first-order valence-electron chi connectivity index (χ1n) is 5.32. The highest BCUT2D eigenvalue weighted by molar-refractivity contribution is 9.10. The van der Waals surface area contributed by atoms with Gasteiger partial charge < -0.3 is 5.11 Å². The molecule has 0 saturated carbocycles. The molecule has 0 saturated heterocycles. The minimum absolute atomic E-state index is 0.00789. The summed E-state index contributed by atoms with van der Waals surface area (Å²) in [5.74, 6) is -1.94. The molecule has 0 atom stereocenters. The molecule has 0 aliphatic carbocycles. The van der Waals surface area contributed by atoms with Crippen molar-refractivity contribution in [3.8, 4) is 5.75 Å². The SMILES string of the molecule is O=C(C(=O)c1ccc(F)c(Br)c1)c1ccc(O)cc1. The highest BCUT2D eigenvalue weighted by Gasteiger charge is 2.19. The van der Waals surface area contributed by atoms with Crippen molar-refractivity contribution >= 4 is 27.5 Å². The molecule has 2 rings (SSSR count). The summed E-state index contributed by atoms with van der Waals surface area (Å²) in [4.78, 5) is 23.9. The van der Waals surface area contributed by atoms with Gasteiger partial charge in [0, 0.05) is 11.1 Å². The van der Waals surface area contributed by atoms with E-state index in [0.717, 1.165) is 6.07 Å². The highest BCUT2D eigenvalue weighted by Crippen LogP contribution is 2.19. The van der Waals surface area contributed by atoms with E-state index in [2.05, 4.69) is 15.9 Å². The number of ketones is 2. The Morgan fingerprint density at radius 3 is 2.05 bits per heavy atom. The molecule has 19 heavy (non-hydrogen) atoms. The average Bonchev–Trinajstić information content (AvgIpc) is 2.41. The third-order valence-corrected chi connectivity index (χ3v) is 3.13. The smallest absolute Gasteiger partial charge is 0.233 e. The summed E-state index contributed by atoms with van der Waals surface area (Å²) in [6.45, 7) is 0. The number of phenols is 1. The Morgan fingerprint density at radius 1 is 0.947 bits per heavy atom. The molecule has 1 N–H and O–H groups in total. The van der Waals surface area contributed by atoms with Gasteiger partial charge in [0.15, 0.2) is 0 Å². The van der Waals surface area contributed by atoms with Gasteiger partial charge in [-0.25, -0.2) is 4.39 Å².